The number of hydrogen-bond donors (Lipinski definition) is 0. The highest BCUT2D eigenvalue weighted by atomic mass is 14.4. The van der Waals surface area contributed by atoms with Gasteiger partial charge in [0, 0.05) is 0 Å². The molecule has 2 rings (SSSR count). The summed E-state index contributed by atoms with van der Waals surface area (Å²) in [5.41, 5.74) is 0. The third kappa shape index (κ3) is 1.63. The molecule has 70 valence electrons. The number of rotatable bonds is 1. The second-order valence-corrected chi connectivity index (χ2v) is 4.45. The van der Waals surface area contributed by atoms with E-state index in [1.54, 1.807) is 0 Å². The van der Waals surface area contributed by atoms with E-state index >= 15 is 0 Å². The molecule has 0 aromatic rings. The summed E-state index contributed by atoms with van der Waals surface area (Å²) in [7, 11) is 0. The Hall–Kier alpha value is -0.780. The number of hydrogen-bond acceptors (Lipinski definition) is 0. The van der Waals surface area contributed by atoms with E-state index in [2.05, 4.69) is 43.9 Å². The van der Waals surface area contributed by atoms with Crippen molar-refractivity contribution in [2.24, 2.45) is 23.7 Å². The molecule has 4 atom stereocenters. The summed E-state index contributed by atoms with van der Waals surface area (Å²) in [6.07, 6.45) is 13.9. The molecule has 0 saturated heterocycles. The van der Waals surface area contributed by atoms with Crippen LogP contribution in [0.3, 0.4) is 0 Å². The largest absolute Gasteiger partial charge is 0.103 e. The second-order valence-electron chi connectivity index (χ2n) is 4.45. The van der Waals surface area contributed by atoms with Gasteiger partial charge in [0.05, 0.1) is 0 Å². The molecule has 1 saturated carbocycles. The van der Waals surface area contributed by atoms with Crippen LogP contribution in [0.1, 0.15) is 19.8 Å². The molecular weight excluding hydrogens is 156 g/mol. The summed E-state index contributed by atoms with van der Waals surface area (Å²) in [5.74, 6) is 3.13. The van der Waals surface area contributed by atoms with Crippen molar-refractivity contribution in [3.8, 4) is 0 Å². The van der Waals surface area contributed by atoms with Crippen molar-refractivity contribution in [2.75, 3.05) is 0 Å². The highest BCUT2D eigenvalue weighted by Gasteiger charge is 2.31. The third-order valence-electron chi connectivity index (χ3n) is 3.60. The molecule has 4 unspecified atom stereocenters. The lowest BCUT2D eigenvalue weighted by Crippen LogP contribution is -2.28. The zero-order valence-corrected chi connectivity index (χ0v) is 8.32. The molecule has 0 aromatic heterocycles. The van der Waals surface area contributed by atoms with Crippen LogP contribution in [0.5, 0.6) is 0 Å². The Morgan fingerprint density at radius 2 is 1.77 bits per heavy atom. The van der Waals surface area contributed by atoms with Gasteiger partial charge in [-0.05, 0) is 36.5 Å². The number of fused-ring (bicyclic) bond motifs is 1. The molecule has 0 bridgehead atoms. The van der Waals surface area contributed by atoms with Crippen molar-refractivity contribution in [1.29, 1.82) is 0 Å². The van der Waals surface area contributed by atoms with Crippen LogP contribution in [-0.2, 0) is 0 Å². The van der Waals surface area contributed by atoms with E-state index in [4.69, 9.17) is 0 Å². The van der Waals surface area contributed by atoms with Crippen molar-refractivity contribution >= 4 is 0 Å². The van der Waals surface area contributed by atoms with Crippen LogP contribution in [0.2, 0.25) is 0 Å². The van der Waals surface area contributed by atoms with E-state index in [1.807, 2.05) is 0 Å². The Kier molecular flexibility index (Phi) is 2.39. The van der Waals surface area contributed by atoms with Crippen molar-refractivity contribution in [1.82, 2.24) is 0 Å². The van der Waals surface area contributed by atoms with Gasteiger partial charge in [-0.2, -0.15) is 0 Å². The molecule has 2 aliphatic carbocycles. The Balaban J connectivity index is 2.10. The van der Waals surface area contributed by atoms with Gasteiger partial charge in [0.15, 0.2) is 0 Å². The molecule has 13 heavy (non-hydrogen) atoms. The Morgan fingerprint density at radius 1 is 1.15 bits per heavy atom. The average molecular weight is 174 g/mol. The van der Waals surface area contributed by atoms with Gasteiger partial charge >= 0.3 is 0 Å². The molecule has 0 nitrogen and oxygen atoms in total. The fraction of sp³-hybridized carbons (Fsp3) is 0.538. The fourth-order valence-corrected chi connectivity index (χ4v) is 2.69. The lowest BCUT2D eigenvalue weighted by atomic mass is 9.68. The monoisotopic (exact) mass is 174 g/mol. The predicted molar refractivity (Wildman–Crippen MR) is 57.3 cm³/mol. The van der Waals surface area contributed by atoms with Gasteiger partial charge in [-0.3, -0.25) is 0 Å². The Bertz CT molecular complexity index is 247. The predicted octanol–water partition coefficient (Wildman–Crippen LogP) is 3.58. The minimum Gasteiger partial charge on any atom is -0.103 e. The standard InChI is InChI=1S/C13H18/c1-3-11-9-13-7-5-4-6-12(13)8-10(11)2/h3-7,10-13H,1,8-9H2,2H3. The smallest absolute Gasteiger partial charge is 0.0161 e. The summed E-state index contributed by atoms with van der Waals surface area (Å²) >= 11 is 0. The third-order valence-corrected chi connectivity index (χ3v) is 3.60. The quantitative estimate of drug-likeness (QED) is 0.533. The first-order chi connectivity index (χ1) is 6.31. The first-order valence-electron chi connectivity index (χ1n) is 5.29. The Morgan fingerprint density at radius 3 is 2.38 bits per heavy atom. The van der Waals surface area contributed by atoms with E-state index in [0.29, 0.717) is 0 Å². The molecular formula is C13H18. The molecule has 0 heterocycles. The maximum Gasteiger partial charge on any atom is -0.0161 e. The van der Waals surface area contributed by atoms with E-state index in [9.17, 15) is 0 Å². The van der Waals surface area contributed by atoms with E-state index < -0.39 is 0 Å². The SMILES string of the molecule is C=CC1CC2C=CC=CC2CC1C. The van der Waals surface area contributed by atoms with E-state index in [0.717, 1.165) is 23.7 Å². The molecule has 0 N–H and O–H groups in total. The van der Waals surface area contributed by atoms with Crippen molar-refractivity contribution in [2.45, 2.75) is 19.8 Å². The highest BCUT2D eigenvalue weighted by Crippen LogP contribution is 2.40. The minimum atomic E-state index is 0.734. The van der Waals surface area contributed by atoms with Crippen LogP contribution in [0.4, 0.5) is 0 Å². The fourth-order valence-electron chi connectivity index (χ4n) is 2.69. The summed E-state index contributed by atoms with van der Waals surface area (Å²) in [6, 6.07) is 0. The molecule has 0 aromatic carbocycles. The zero-order chi connectivity index (χ0) is 9.26. The van der Waals surface area contributed by atoms with Crippen LogP contribution in [0.15, 0.2) is 37.0 Å². The van der Waals surface area contributed by atoms with Crippen molar-refractivity contribution < 1.29 is 0 Å². The summed E-state index contributed by atoms with van der Waals surface area (Å²) in [4.78, 5) is 0. The van der Waals surface area contributed by atoms with Crippen molar-refractivity contribution in [3.05, 3.63) is 37.0 Å². The average Bonchev–Trinajstić information content (AvgIpc) is 2.17. The maximum atomic E-state index is 3.93. The lowest BCUT2D eigenvalue weighted by molar-refractivity contribution is 0.211. The lowest BCUT2D eigenvalue weighted by Gasteiger charge is -2.37. The maximum absolute atomic E-state index is 3.93. The zero-order valence-electron chi connectivity index (χ0n) is 8.32. The van der Waals surface area contributed by atoms with Crippen LogP contribution in [-0.4, -0.2) is 0 Å². The summed E-state index contributed by atoms with van der Waals surface area (Å²) in [6.45, 7) is 6.29. The van der Waals surface area contributed by atoms with Gasteiger partial charge < -0.3 is 0 Å². The molecule has 0 spiro atoms. The van der Waals surface area contributed by atoms with Gasteiger partial charge in [-0.15, -0.1) is 6.58 Å². The van der Waals surface area contributed by atoms with Crippen LogP contribution < -0.4 is 0 Å². The van der Waals surface area contributed by atoms with Gasteiger partial charge in [0.2, 0.25) is 0 Å². The molecule has 0 aliphatic heterocycles. The van der Waals surface area contributed by atoms with Gasteiger partial charge in [-0.25, -0.2) is 0 Å². The molecule has 0 heteroatoms. The molecule has 1 fully saturated rings. The van der Waals surface area contributed by atoms with Gasteiger partial charge in [0.25, 0.3) is 0 Å². The van der Waals surface area contributed by atoms with Gasteiger partial charge in [-0.1, -0.05) is 37.3 Å². The molecule has 0 radical (unpaired) electrons. The van der Waals surface area contributed by atoms with Crippen LogP contribution in [0, 0.1) is 23.7 Å². The summed E-state index contributed by atoms with van der Waals surface area (Å²) < 4.78 is 0. The molecule has 0 amide bonds. The summed E-state index contributed by atoms with van der Waals surface area (Å²) in [5, 5.41) is 0. The second kappa shape index (κ2) is 3.53. The van der Waals surface area contributed by atoms with Crippen LogP contribution >= 0.6 is 0 Å². The first-order valence-corrected chi connectivity index (χ1v) is 5.29. The highest BCUT2D eigenvalue weighted by molar-refractivity contribution is 5.16. The normalized spacial score (nSPS) is 42.8. The van der Waals surface area contributed by atoms with Crippen LogP contribution in [0.25, 0.3) is 0 Å². The Labute approximate surface area is 81.0 Å². The van der Waals surface area contributed by atoms with Crippen molar-refractivity contribution in [3.63, 3.8) is 0 Å². The number of allylic oxidation sites excluding steroid dienone is 5. The van der Waals surface area contributed by atoms with E-state index in [-0.39, 0.29) is 0 Å². The topological polar surface area (TPSA) is 0 Å². The molecule has 2 aliphatic rings. The van der Waals surface area contributed by atoms with E-state index in [1.165, 1.54) is 12.8 Å². The van der Waals surface area contributed by atoms with Gasteiger partial charge in [0.1, 0.15) is 0 Å². The first kappa shape index (κ1) is 8.80. The minimum absolute atomic E-state index is 0.734.